The van der Waals surface area contributed by atoms with Crippen LogP contribution in [0.1, 0.15) is 99.1 Å². The summed E-state index contributed by atoms with van der Waals surface area (Å²) in [4.78, 5) is 35.6. The molecule has 0 radical (unpaired) electrons. The van der Waals surface area contributed by atoms with Crippen molar-refractivity contribution >= 4 is 19.8 Å². The molecule has 15 heteroatoms. The van der Waals surface area contributed by atoms with Gasteiger partial charge in [-0.3, -0.25) is 9.32 Å². The van der Waals surface area contributed by atoms with Crippen LogP contribution in [0.3, 0.4) is 0 Å². The molecule has 14 nitrogen and oxygen atoms in total. The SMILES string of the molecule is CO[C@@H](C[C@H](O)[C@H](C)[C@H](O)[C@H](C)/C=C(C)/C(C)=C/CC/C(C)=C/C(N)=O)[C@H]1O[C@]2(C[C@@H](OC)[C@H](C)[C@H](C/C=C/c3coc(C)n3)O2)C(C)(C)[C@H]1OP(=O)(O)O. The Morgan fingerprint density at radius 3 is 2.38 bits per heavy atom. The molecule has 2 aliphatic heterocycles. The van der Waals surface area contributed by atoms with Crippen molar-refractivity contribution in [2.24, 2.45) is 28.9 Å². The van der Waals surface area contributed by atoms with E-state index in [0.717, 1.165) is 23.1 Å². The van der Waals surface area contributed by atoms with Crippen molar-refractivity contribution in [3.63, 3.8) is 0 Å². The third kappa shape index (κ3) is 12.3. The van der Waals surface area contributed by atoms with E-state index in [-0.39, 0.29) is 30.8 Å². The zero-order valence-electron chi connectivity index (χ0n) is 34.3. The number of rotatable bonds is 19. The van der Waals surface area contributed by atoms with Gasteiger partial charge in [-0.25, -0.2) is 9.55 Å². The number of methoxy groups -OCH3 is 2. The van der Waals surface area contributed by atoms with Crippen LogP contribution < -0.4 is 5.73 Å². The van der Waals surface area contributed by atoms with Gasteiger partial charge in [0.05, 0.1) is 30.5 Å². The molecule has 0 aliphatic carbocycles. The Kier molecular flexibility index (Phi) is 16.9. The first-order valence-corrected chi connectivity index (χ1v) is 20.5. The molecule has 6 N–H and O–H groups in total. The van der Waals surface area contributed by atoms with Gasteiger partial charge in [-0.2, -0.15) is 0 Å². The van der Waals surface area contributed by atoms with Gasteiger partial charge in [0.2, 0.25) is 5.91 Å². The summed E-state index contributed by atoms with van der Waals surface area (Å²) in [5.41, 5.74) is 7.66. The van der Waals surface area contributed by atoms with E-state index >= 15 is 0 Å². The number of carbonyl (C=O) groups is 1. The molecule has 0 bridgehead atoms. The summed E-state index contributed by atoms with van der Waals surface area (Å²) in [5, 5.41) is 22.9. The fourth-order valence-electron chi connectivity index (χ4n) is 7.73. The number of amides is 1. The second-order valence-electron chi connectivity index (χ2n) is 16.0. The van der Waals surface area contributed by atoms with Crippen molar-refractivity contribution in [3.05, 3.63) is 58.9 Å². The lowest BCUT2D eigenvalue weighted by atomic mass is 9.72. The van der Waals surface area contributed by atoms with E-state index in [9.17, 15) is 29.4 Å². The highest BCUT2D eigenvalue weighted by Crippen LogP contribution is 2.59. The number of aryl methyl sites for hydroxylation is 1. The molecule has 1 aromatic heterocycles. The Bertz CT molecular complexity index is 1600. The zero-order chi connectivity index (χ0) is 41.5. The van der Waals surface area contributed by atoms with Crippen molar-refractivity contribution in [2.75, 3.05) is 14.2 Å². The van der Waals surface area contributed by atoms with Gasteiger partial charge < -0.3 is 49.1 Å². The van der Waals surface area contributed by atoms with Crippen LogP contribution in [0.5, 0.6) is 0 Å². The number of carbonyl (C=O) groups excluding carboxylic acids is 1. The Morgan fingerprint density at radius 1 is 1.15 bits per heavy atom. The van der Waals surface area contributed by atoms with E-state index in [1.165, 1.54) is 13.2 Å². The van der Waals surface area contributed by atoms with Gasteiger partial charge in [0, 0.05) is 63.2 Å². The van der Waals surface area contributed by atoms with Crippen molar-refractivity contribution in [1.29, 1.82) is 0 Å². The third-order valence-electron chi connectivity index (χ3n) is 11.5. The molecule has 0 aromatic carbocycles. The highest BCUT2D eigenvalue weighted by Gasteiger charge is 2.68. The number of allylic oxidation sites excluding steroid dienone is 4. The van der Waals surface area contributed by atoms with Crippen LogP contribution >= 0.6 is 7.82 Å². The molecular weight excluding hydrogens is 731 g/mol. The zero-order valence-corrected chi connectivity index (χ0v) is 35.2. The number of primary amides is 1. The van der Waals surface area contributed by atoms with Crippen molar-refractivity contribution < 1.29 is 57.2 Å². The molecule has 3 rings (SSSR count). The fraction of sp³-hybridized carbons (Fsp3) is 0.700. The second-order valence-corrected chi connectivity index (χ2v) is 17.1. The smallest absolute Gasteiger partial charge is 0.449 e. The topological polar surface area (TPSA) is 213 Å². The summed E-state index contributed by atoms with van der Waals surface area (Å²) in [5.74, 6) is -2.37. The van der Waals surface area contributed by atoms with Gasteiger partial charge >= 0.3 is 7.82 Å². The van der Waals surface area contributed by atoms with Crippen molar-refractivity contribution in [3.8, 4) is 0 Å². The summed E-state index contributed by atoms with van der Waals surface area (Å²) in [6.07, 6.45) is 6.85. The molecule has 55 heavy (non-hydrogen) atoms. The van der Waals surface area contributed by atoms with E-state index in [1.54, 1.807) is 41.1 Å². The molecule has 0 saturated carbocycles. The summed E-state index contributed by atoms with van der Waals surface area (Å²) in [6, 6.07) is 0. The number of aliphatic hydroxyl groups is 2. The normalized spacial score (nSPS) is 29.4. The van der Waals surface area contributed by atoms with E-state index in [1.807, 2.05) is 52.8 Å². The Labute approximate surface area is 326 Å². The molecule has 2 fully saturated rings. The maximum absolute atomic E-state index is 12.5. The Balaban J connectivity index is 1.83. The predicted molar refractivity (Wildman–Crippen MR) is 208 cm³/mol. The first-order valence-electron chi connectivity index (χ1n) is 19.0. The summed E-state index contributed by atoms with van der Waals surface area (Å²) in [6.45, 7) is 16.8. The minimum atomic E-state index is -5.06. The fourth-order valence-corrected chi connectivity index (χ4v) is 8.41. The number of aromatic nitrogens is 1. The number of ether oxygens (including phenoxy) is 4. The van der Waals surface area contributed by atoms with Crippen molar-refractivity contribution in [1.82, 2.24) is 4.98 Å². The number of nitrogens with zero attached hydrogens (tertiary/aromatic N) is 1. The summed E-state index contributed by atoms with van der Waals surface area (Å²) >= 11 is 0. The molecule has 1 spiro atoms. The van der Waals surface area contributed by atoms with E-state index in [4.69, 9.17) is 33.6 Å². The van der Waals surface area contributed by atoms with Crippen LogP contribution in [0.25, 0.3) is 6.08 Å². The average molecular weight is 797 g/mol. The molecule has 11 atom stereocenters. The van der Waals surface area contributed by atoms with E-state index in [2.05, 4.69) is 11.1 Å². The van der Waals surface area contributed by atoms with Crippen LogP contribution in [0.2, 0.25) is 0 Å². The van der Waals surface area contributed by atoms with Crippen molar-refractivity contribution in [2.45, 2.75) is 143 Å². The lowest BCUT2D eigenvalue weighted by Crippen LogP contribution is -2.58. The van der Waals surface area contributed by atoms with Gasteiger partial charge in [0.25, 0.3) is 0 Å². The molecule has 1 aromatic rings. The van der Waals surface area contributed by atoms with Crippen LogP contribution in [0, 0.1) is 30.1 Å². The molecule has 3 heterocycles. The summed E-state index contributed by atoms with van der Waals surface area (Å²) < 4.78 is 48.7. The number of hydrogen-bond donors (Lipinski definition) is 5. The number of nitrogens with two attached hydrogens (primary N) is 1. The highest BCUT2D eigenvalue weighted by molar-refractivity contribution is 7.46. The maximum Gasteiger partial charge on any atom is 0.469 e. The number of phosphoric acid groups is 1. The van der Waals surface area contributed by atoms with Gasteiger partial charge in [-0.15, -0.1) is 0 Å². The lowest BCUT2D eigenvalue weighted by Gasteiger charge is -2.50. The maximum atomic E-state index is 12.5. The first kappa shape index (κ1) is 46.9. The van der Waals surface area contributed by atoms with Crippen LogP contribution in [-0.4, -0.2) is 93.6 Å². The Morgan fingerprint density at radius 2 is 1.82 bits per heavy atom. The number of aliphatic hydroxyl groups excluding tert-OH is 2. The van der Waals surface area contributed by atoms with Gasteiger partial charge in [-0.05, 0) is 46.1 Å². The van der Waals surface area contributed by atoms with E-state index < -0.39 is 67.5 Å². The molecule has 0 unspecified atom stereocenters. The van der Waals surface area contributed by atoms with Crippen LogP contribution in [0.15, 0.2) is 51.7 Å². The highest BCUT2D eigenvalue weighted by atomic mass is 31.2. The number of hydrogen-bond acceptors (Lipinski definition) is 11. The molecule has 2 aliphatic rings. The molecular formula is C40H65N2O12P. The molecule has 2 saturated heterocycles. The number of phosphoric ester groups is 1. The predicted octanol–water partition coefficient (Wildman–Crippen LogP) is 5.93. The standard InChI is InChI=1S/C40H65N2O12P/c1-23(18-35(41)44)14-12-15-24(2)25(3)19-26(4)36(45)27(5)31(43)20-33(49-10)37-38(54-55(46,47)48)39(8,9)40(53-37)21-34(50-11)28(6)32(52-40)17-13-16-30-22-51-29(7)42-30/h13,15-16,18-19,22,26-28,31-34,36-38,43,45H,12,14,17,20-21H2,1-11H3,(H2,41,44)(H2,46,47,48)/b16-13+,23-18+,24-15+,25-19+/t26-,27+,28-,31+,32+,33+,34-,36-,37-,38+,40-/m1/s1. The third-order valence-corrected chi connectivity index (χ3v) is 12.0. The molecule has 312 valence electrons. The minimum absolute atomic E-state index is 0.0352. The summed E-state index contributed by atoms with van der Waals surface area (Å²) in [7, 11) is -2.01. The Hall–Kier alpha value is -2.49. The van der Waals surface area contributed by atoms with Gasteiger partial charge in [0.15, 0.2) is 11.7 Å². The van der Waals surface area contributed by atoms with E-state index in [0.29, 0.717) is 24.4 Å². The lowest BCUT2D eigenvalue weighted by molar-refractivity contribution is -0.336. The second kappa shape index (κ2) is 19.8. The minimum Gasteiger partial charge on any atom is -0.449 e. The number of oxazole rings is 1. The van der Waals surface area contributed by atoms with Gasteiger partial charge in [0.1, 0.15) is 24.2 Å². The van der Waals surface area contributed by atoms with Crippen LogP contribution in [-0.2, 0) is 32.8 Å². The molecule has 1 amide bonds. The quantitative estimate of drug-likeness (QED) is 0.0625. The van der Waals surface area contributed by atoms with Crippen LogP contribution in [0.4, 0.5) is 0 Å². The van der Waals surface area contributed by atoms with Gasteiger partial charge in [-0.1, -0.05) is 69.6 Å². The average Bonchev–Trinajstić information content (AvgIpc) is 3.59. The first-order chi connectivity index (χ1) is 25.5. The largest absolute Gasteiger partial charge is 0.469 e. The monoisotopic (exact) mass is 796 g/mol.